The molecule has 0 aliphatic rings. The van der Waals surface area contributed by atoms with E-state index in [9.17, 15) is 4.79 Å². The fourth-order valence-corrected chi connectivity index (χ4v) is 2.40. The molecular weight excluding hydrogens is 342 g/mol. The Kier molecular flexibility index (Phi) is 4.06. The van der Waals surface area contributed by atoms with Crippen LogP contribution in [0.5, 0.6) is 0 Å². The molecule has 0 atom stereocenters. The number of carbonyl (C=O) groups excluding carboxylic acids is 1. The third kappa shape index (κ3) is 3.26. The third-order valence-corrected chi connectivity index (χ3v) is 3.78. The van der Waals surface area contributed by atoms with Crippen LogP contribution in [0, 0.1) is 6.92 Å². The van der Waals surface area contributed by atoms with E-state index in [0.717, 1.165) is 15.7 Å². The van der Waals surface area contributed by atoms with Crippen molar-refractivity contribution in [3.05, 3.63) is 70.2 Å². The number of aromatic nitrogens is 2. The first-order valence-corrected chi connectivity index (χ1v) is 7.60. The number of nitrogens with one attached hydrogen (secondary N) is 2. The van der Waals surface area contributed by atoms with Crippen molar-refractivity contribution in [2.45, 2.75) is 6.92 Å². The van der Waals surface area contributed by atoms with Crippen LogP contribution < -0.4 is 5.32 Å². The Bertz CT molecular complexity index is 809. The molecule has 22 heavy (non-hydrogen) atoms. The summed E-state index contributed by atoms with van der Waals surface area (Å²) in [6.07, 6.45) is 0. The van der Waals surface area contributed by atoms with E-state index in [1.54, 1.807) is 12.1 Å². The first-order valence-electron chi connectivity index (χ1n) is 6.81. The Morgan fingerprint density at radius 2 is 1.91 bits per heavy atom. The first kappa shape index (κ1) is 14.5. The van der Waals surface area contributed by atoms with Crippen molar-refractivity contribution in [3.63, 3.8) is 0 Å². The topological polar surface area (TPSA) is 57.8 Å². The lowest BCUT2D eigenvalue weighted by Gasteiger charge is -2.01. The second-order valence-electron chi connectivity index (χ2n) is 5.00. The third-order valence-electron chi connectivity index (χ3n) is 3.25. The van der Waals surface area contributed by atoms with Gasteiger partial charge in [0.25, 0.3) is 5.91 Å². The van der Waals surface area contributed by atoms with E-state index in [4.69, 9.17) is 0 Å². The van der Waals surface area contributed by atoms with Crippen molar-refractivity contribution in [2.75, 3.05) is 5.32 Å². The summed E-state index contributed by atoms with van der Waals surface area (Å²) in [5, 5.41) is 9.87. The van der Waals surface area contributed by atoms with Crippen LogP contribution in [0.3, 0.4) is 0 Å². The molecule has 2 N–H and O–H groups in total. The van der Waals surface area contributed by atoms with Gasteiger partial charge in [0, 0.05) is 16.1 Å². The maximum absolute atomic E-state index is 12.1. The maximum Gasteiger partial charge on any atom is 0.256 e. The Hall–Kier alpha value is -2.40. The summed E-state index contributed by atoms with van der Waals surface area (Å²) >= 11 is 3.35. The fraction of sp³-hybridized carbons (Fsp3) is 0.0588. The zero-order valence-electron chi connectivity index (χ0n) is 11.9. The number of benzene rings is 2. The normalized spacial score (nSPS) is 10.5. The second-order valence-corrected chi connectivity index (χ2v) is 5.91. The van der Waals surface area contributed by atoms with Gasteiger partial charge in [-0.05, 0) is 42.8 Å². The number of amides is 1. The molecule has 0 saturated heterocycles. The minimum absolute atomic E-state index is 0.185. The summed E-state index contributed by atoms with van der Waals surface area (Å²) in [5.41, 5.74) is 3.67. The number of rotatable bonds is 3. The van der Waals surface area contributed by atoms with Crippen molar-refractivity contribution < 1.29 is 4.79 Å². The van der Waals surface area contributed by atoms with Crippen molar-refractivity contribution in [2.24, 2.45) is 0 Å². The monoisotopic (exact) mass is 355 g/mol. The standard InChI is InChI=1S/C17H14BrN3O/c1-11-3-2-4-13(9-11)15-10-16(21-20-15)19-17(22)12-5-7-14(18)8-6-12/h2-10H,1H3,(H2,19,20,21,22). The molecule has 0 saturated carbocycles. The molecule has 0 aliphatic carbocycles. The largest absolute Gasteiger partial charge is 0.305 e. The molecule has 1 heterocycles. The molecule has 0 spiro atoms. The molecule has 0 unspecified atom stereocenters. The molecule has 4 nitrogen and oxygen atoms in total. The van der Waals surface area contributed by atoms with Gasteiger partial charge >= 0.3 is 0 Å². The molecule has 110 valence electrons. The molecule has 0 bridgehead atoms. The van der Waals surface area contributed by atoms with Crippen LogP contribution in [0.4, 0.5) is 5.82 Å². The number of anilines is 1. The van der Waals surface area contributed by atoms with E-state index in [1.165, 1.54) is 5.56 Å². The first-order chi connectivity index (χ1) is 10.6. The van der Waals surface area contributed by atoms with Gasteiger partial charge in [0.2, 0.25) is 0 Å². The van der Waals surface area contributed by atoms with Crippen molar-refractivity contribution in [1.82, 2.24) is 10.2 Å². The zero-order chi connectivity index (χ0) is 15.5. The summed E-state index contributed by atoms with van der Waals surface area (Å²) in [5.74, 6) is 0.319. The number of H-pyrrole nitrogens is 1. The minimum atomic E-state index is -0.185. The average molecular weight is 356 g/mol. The molecule has 5 heteroatoms. The summed E-state index contributed by atoms with van der Waals surface area (Å²) in [4.78, 5) is 12.1. The molecule has 3 aromatic rings. The number of hydrogen-bond acceptors (Lipinski definition) is 2. The molecule has 1 aromatic heterocycles. The lowest BCUT2D eigenvalue weighted by atomic mass is 10.1. The molecule has 0 aliphatic heterocycles. The molecule has 1 amide bonds. The fourth-order valence-electron chi connectivity index (χ4n) is 2.14. The van der Waals surface area contributed by atoms with E-state index in [1.807, 2.05) is 43.3 Å². The zero-order valence-corrected chi connectivity index (χ0v) is 13.5. The number of aromatic amines is 1. The van der Waals surface area contributed by atoms with Crippen LogP contribution in [0.25, 0.3) is 11.3 Å². The van der Waals surface area contributed by atoms with Gasteiger partial charge in [-0.25, -0.2) is 0 Å². The molecule has 0 fully saturated rings. The average Bonchev–Trinajstić information content (AvgIpc) is 2.96. The van der Waals surface area contributed by atoms with Gasteiger partial charge in [0.15, 0.2) is 5.82 Å². The molecule has 3 rings (SSSR count). The van der Waals surface area contributed by atoms with Gasteiger partial charge in [-0.1, -0.05) is 39.7 Å². The lowest BCUT2D eigenvalue weighted by molar-refractivity contribution is 0.102. The van der Waals surface area contributed by atoms with Crippen molar-refractivity contribution >= 4 is 27.7 Å². The summed E-state index contributed by atoms with van der Waals surface area (Å²) in [6.45, 7) is 2.04. The maximum atomic E-state index is 12.1. The van der Waals surface area contributed by atoms with E-state index in [-0.39, 0.29) is 5.91 Å². The van der Waals surface area contributed by atoms with Crippen molar-refractivity contribution in [1.29, 1.82) is 0 Å². The number of halogens is 1. The SMILES string of the molecule is Cc1cccc(-c2cc(NC(=O)c3ccc(Br)cc3)n[nH]2)c1. The van der Waals surface area contributed by atoms with Crippen LogP contribution >= 0.6 is 15.9 Å². The lowest BCUT2D eigenvalue weighted by Crippen LogP contribution is -2.11. The summed E-state index contributed by atoms with van der Waals surface area (Å²) in [6, 6.07) is 17.1. The number of nitrogens with zero attached hydrogens (tertiary/aromatic N) is 1. The van der Waals surface area contributed by atoms with Gasteiger partial charge in [0.1, 0.15) is 0 Å². The molecule has 0 radical (unpaired) electrons. The van der Waals surface area contributed by atoms with Crippen LogP contribution in [0.1, 0.15) is 15.9 Å². The van der Waals surface area contributed by atoms with E-state index < -0.39 is 0 Å². The van der Waals surface area contributed by atoms with Gasteiger partial charge in [-0.3, -0.25) is 9.89 Å². The quantitative estimate of drug-likeness (QED) is 0.731. The highest BCUT2D eigenvalue weighted by atomic mass is 79.9. The van der Waals surface area contributed by atoms with E-state index in [2.05, 4.69) is 37.5 Å². The smallest absolute Gasteiger partial charge is 0.256 e. The Morgan fingerprint density at radius 1 is 1.14 bits per heavy atom. The highest BCUT2D eigenvalue weighted by molar-refractivity contribution is 9.10. The van der Waals surface area contributed by atoms with E-state index in [0.29, 0.717) is 11.4 Å². The van der Waals surface area contributed by atoms with Gasteiger partial charge < -0.3 is 5.32 Å². The Labute approximate surface area is 136 Å². The highest BCUT2D eigenvalue weighted by Crippen LogP contribution is 2.21. The van der Waals surface area contributed by atoms with Crippen LogP contribution in [-0.4, -0.2) is 16.1 Å². The highest BCUT2D eigenvalue weighted by Gasteiger charge is 2.09. The molecular formula is C17H14BrN3O. The van der Waals surface area contributed by atoms with Crippen molar-refractivity contribution in [3.8, 4) is 11.3 Å². The van der Waals surface area contributed by atoms with E-state index >= 15 is 0 Å². The van der Waals surface area contributed by atoms with Gasteiger partial charge in [0.05, 0.1) is 5.69 Å². The van der Waals surface area contributed by atoms with Gasteiger partial charge in [-0.15, -0.1) is 0 Å². The number of carbonyl (C=O) groups is 1. The van der Waals surface area contributed by atoms with Gasteiger partial charge in [-0.2, -0.15) is 5.10 Å². The van der Waals surface area contributed by atoms with Crippen LogP contribution in [0.2, 0.25) is 0 Å². The summed E-state index contributed by atoms with van der Waals surface area (Å²) in [7, 11) is 0. The number of aryl methyl sites for hydroxylation is 1. The summed E-state index contributed by atoms with van der Waals surface area (Å²) < 4.78 is 0.936. The van der Waals surface area contributed by atoms with Crippen LogP contribution in [0.15, 0.2) is 59.1 Å². The number of hydrogen-bond donors (Lipinski definition) is 2. The Balaban J connectivity index is 1.77. The van der Waals surface area contributed by atoms with Crippen LogP contribution in [-0.2, 0) is 0 Å². The predicted molar refractivity (Wildman–Crippen MR) is 90.9 cm³/mol. The molecule has 2 aromatic carbocycles. The predicted octanol–water partition coefficient (Wildman–Crippen LogP) is 4.40. The second kappa shape index (κ2) is 6.15. The minimum Gasteiger partial charge on any atom is -0.305 e. The Morgan fingerprint density at radius 3 is 2.64 bits per heavy atom.